The van der Waals surface area contributed by atoms with Crippen LogP contribution in [-0.4, -0.2) is 35.1 Å². The number of hydrogen-bond acceptors (Lipinski definition) is 5. The van der Waals surface area contributed by atoms with Crippen LogP contribution in [0, 0.1) is 33.6 Å². The molecule has 5 nitrogen and oxygen atoms in total. The summed E-state index contributed by atoms with van der Waals surface area (Å²) in [5, 5.41) is 0. The second-order valence-corrected chi connectivity index (χ2v) is 14.8. The van der Waals surface area contributed by atoms with Crippen molar-refractivity contribution in [1.29, 1.82) is 0 Å². The molecule has 2 heterocycles. The first-order valence-electron chi connectivity index (χ1n) is 18.9. The van der Waals surface area contributed by atoms with Crippen molar-refractivity contribution >= 4 is 11.8 Å². The molecule has 51 heavy (non-hydrogen) atoms. The lowest BCUT2D eigenvalue weighted by atomic mass is 9.66. The molecule has 1 unspecified atom stereocenters. The summed E-state index contributed by atoms with van der Waals surface area (Å²) in [6, 6.07) is 36.1. The van der Waals surface area contributed by atoms with Gasteiger partial charge < -0.3 is 9.64 Å². The van der Waals surface area contributed by atoms with Gasteiger partial charge in [0.15, 0.2) is 5.82 Å². The first-order valence-corrected chi connectivity index (χ1v) is 18.9. The highest BCUT2D eigenvalue weighted by molar-refractivity contribution is 5.82. The summed E-state index contributed by atoms with van der Waals surface area (Å²) in [6.45, 7) is 11.8. The molecule has 1 aliphatic carbocycles. The molecule has 0 saturated heterocycles. The van der Waals surface area contributed by atoms with Crippen LogP contribution in [0.5, 0.6) is 0 Å². The molecule has 5 aromatic rings. The Morgan fingerprint density at radius 2 is 1.14 bits per heavy atom. The maximum absolute atomic E-state index is 12.0. The first-order chi connectivity index (χ1) is 24.8. The van der Waals surface area contributed by atoms with Crippen LogP contribution >= 0.6 is 0 Å². The fraction of sp³-hybridized carbons (Fsp3) is 0.370. The normalized spacial score (nSPS) is 16.3. The second-order valence-electron chi connectivity index (χ2n) is 14.8. The number of esters is 1. The number of carbonyl (C=O) groups is 1. The number of aryl methyl sites for hydroxylation is 4. The van der Waals surface area contributed by atoms with Crippen molar-refractivity contribution in [3.8, 4) is 22.5 Å². The highest BCUT2D eigenvalue weighted by atomic mass is 16.5. The van der Waals surface area contributed by atoms with Crippen LogP contribution < -0.4 is 4.90 Å². The van der Waals surface area contributed by atoms with E-state index < -0.39 is 5.41 Å². The average Bonchev–Trinajstić information content (AvgIpc) is 3.93. The average molecular weight is 678 g/mol. The third-order valence-electron chi connectivity index (χ3n) is 10.9. The monoisotopic (exact) mass is 677 g/mol. The van der Waals surface area contributed by atoms with E-state index in [-0.39, 0.29) is 12.0 Å². The number of hydrogen-bond donors (Lipinski definition) is 0. The molecular weight excluding hydrogens is 627 g/mol. The van der Waals surface area contributed by atoms with E-state index in [1.54, 1.807) is 0 Å². The van der Waals surface area contributed by atoms with Gasteiger partial charge in [0.2, 0.25) is 0 Å². The molecule has 1 fully saturated rings. The fourth-order valence-electron chi connectivity index (χ4n) is 8.04. The SMILES string of the molecule is CCOC(=O)CCCCCCN1c2nc(-c3ccc(C)cc3)c(-c3ccc(C)cc3)nc2C(c2ccc(C)cc2)(c2ccc(C)cc2)C1C1CC1. The van der Waals surface area contributed by atoms with E-state index in [1.165, 1.54) is 46.2 Å². The van der Waals surface area contributed by atoms with Crippen LogP contribution in [0.3, 0.4) is 0 Å². The predicted octanol–water partition coefficient (Wildman–Crippen LogP) is 10.5. The number of aromatic nitrogens is 2. The molecule has 0 bridgehead atoms. The lowest BCUT2D eigenvalue weighted by Crippen LogP contribution is -2.48. The zero-order valence-electron chi connectivity index (χ0n) is 30.9. The molecule has 0 spiro atoms. The lowest BCUT2D eigenvalue weighted by molar-refractivity contribution is -0.143. The van der Waals surface area contributed by atoms with Gasteiger partial charge in [0, 0.05) is 24.1 Å². The Balaban J connectivity index is 1.43. The highest BCUT2D eigenvalue weighted by Gasteiger charge is 2.60. The third-order valence-corrected chi connectivity index (χ3v) is 10.9. The number of ether oxygens (including phenoxy) is 1. The Morgan fingerprint density at radius 3 is 1.63 bits per heavy atom. The van der Waals surface area contributed by atoms with E-state index in [2.05, 4.69) is 130 Å². The van der Waals surface area contributed by atoms with Crippen LogP contribution in [0.25, 0.3) is 22.5 Å². The molecule has 7 rings (SSSR count). The number of carbonyl (C=O) groups excluding carboxylic acids is 1. The van der Waals surface area contributed by atoms with E-state index in [1.807, 2.05) is 6.92 Å². The molecule has 0 radical (unpaired) electrons. The van der Waals surface area contributed by atoms with Gasteiger partial charge >= 0.3 is 5.97 Å². The molecule has 1 aromatic heterocycles. The number of benzene rings is 4. The van der Waals surface area contributed by atoms with Gasteiger partial charge in [0.25, 0.3) is 0 Å². The van der Waals surface area contributed by atoms with Gasteiger partial charge in [0.05, 0.1) is 29.5 Å². The Kier molecular flexibility index (Phi) is 10.1. The third kappa shape index (κ3) is 6.96. The van der Waals surface area contributed by atoms with Crippen molar-refractivity contribution in [1.82, 2.24) is 9.97 Å². The Morgan fingerprint density at radius 1 is 0.667 bits per heavy atom. The van der Waals surface area contributed by atoms with Gasteiger partial charge in [-0.2, -0.15) is 0 Å². The van der Waals surface area contributed by atoms with Gasteiger partial charge in [-0.1, -0.05) is 132 Å². The van der Waals surface area contributed by atoms with E-state index >= 15 is 0 Å². The summed E-state index contributed by atoms with van der Waals surface area (Å²) in [4.78, 5) is 26.2. The van der Waals surface area contributed by atoms with Gasteiger partial charge in [-0.25, -0.2) is 9.97 Å². The summed E-state index contributed by atoms with van der Waals surface area (Å²) < 4.78 is 5.18. The molecule has 1 atom stereocenters. The highest BCUT2D eigenvalue weighted by Crippen LogP contribution is 2.59. The molecule has 5 heteroatoms. The zero-order chi connectivity index (χ0) is 35.5. The minimum atomic E-state index is -0.500. The van der Waals surface area contributed by atoms with E-state index in [9.17, 15) is 4.79 Å². The first kappa shape index (κ1) is 34.7. The van der Waals surface area contributed by atoms with Crippen molar-refractivity contribution in [3.63, 3.8) is 0 Å². The number of unbranched alkanes of at least 4 members (excludes halogenated alkanes) is 3. The minimum Gasteiger partial charge on any atom is -0.466 e. The smallest absolute Gasteiger partial charge is 0.305 e. The maximum Gasteiger partial charge on any atom is 0.305 e. The van der Waals surface area contributed by atoms with Crippen LogP contribution in [0.2, 0.25) is 0 Å². The Labute approximate surface area is 304 Å². The van der Waals surface area contributed by atoms with Crippen molar-refractivity contribution in [2.24, 2.45) is 5.92 Å². The number of nitrogens with zero attached hydrogens (tertiary/aromatic N) is 3. The molecule has 4 aromatic carbocycles. The van der Waals surface area contributed by atoms with Crippen LogP contribution in [0.15, 0.2) is 97.1 Å². The Hall–Kier alpha value is -4.77. The summed E-state index contributed by atoms with van der Waals surface area (Å²) >= 11 is 0. The van der Waals surface area contributed by atoms with Gasteiger partial charge in [-0.15, -0.1) is 0 Å². The van der Waals surface area contributed by atoms with E-state index in [0.717, 1.165) is 66.3 Å². The van der Waals surface area contributed by atoms with Crippen LogP contribution in [-0.2, 0) is 14.9 Å². The molecule has 0 amide bonds. The minimum absolute atomic E-state index is 0.0935. The number of fused-ring (bicyclic) bond motifs is 1. The molecule has 2 aliphatic rings. The molecule has 1 saturated carbocycles. The van der Waals surface area contributed by atoms with Crippen molar-refractivity contribution in [2.45, 2.75) is 91.0 Å². The van der Waals surface area contributed by atoms with Crippen LogP contribution in [0.4, 0.5) is 5.82 Å². The lowest BCUT2D eigenvalue weighted by Gasteiger charge is -2.40. The van der Waals surface area contributed by atoms with Crippen molar-refractivity contribution in [3.05, 3.63) is 136 Å². The molecule has 262 valence electrons. The molecule has 1 aliphatic heterocycles. The molecular formula is C46H51N3O2. The predicted molar refractivity (Wildman–Crippen MR) is 208 cm³/mol. The quantitative estimate of drug-likeness (QED) is 0.0917. The second kappa shape index (κ2) is 14.8. The van der Waals surface area contributed by atoms with Gasteiger partial charge in [-0.3, -0.25) is 4.79 Å². The number of rotatable bonds is 13. The maximum atomic E-state index is 12.0. The summed E-state index contributed by atoms with van der Waals surface area (Å²) in [7, 11) is 0. The van der Waals surface area contributed by atoms with Gasteiger partial charge in [0.1, 0.15) is 5.69 Å². The standard InChI is InChI=1S/C46H51N3O2/c1-6-51-40(50)11-9-7-8-10-30-49-44(37-24-25-37)46(38-26-16-33(4)17-27-38,39-28-18-34(5)19-29-39)43-45(49)48-42(36-22-14-32(3)15-23-36)41(47-43)35-20-12-31(2)13-21-35/h12-23,26-29,37,44H,6-11,24-25,30H2,1-5H3. The van der Waals surface area contributed by atoms with Crippen LogP contribution in [0.1, 0.15) is 90.9 Å². The number of anilines is 1. The summed E-state index contributed by atoms with van der Waals surface area (Å²) in [5.41, 5.74) is 12.1. The summed E-state index contributed by atoms with van der Waals surface area (Å²) in [6.07, 6.45) is 6.81. The van der Waals surface area contributed by atoms with E-state index in [0.29, 0.717) is 18.9 Å². The van der Waals surface area contributed by atoms with Crippen molar-refractivity contribution < 1.29 is 9.53 Å². The molecule has 0 N–H and O–H groups in total. The fourth-order valence-corrected chi connectivity index (χ4v) is 8.04. The topological polar surface area (TPSA) is 55.3 Å². The van der Waals surface area contributed by atoms with Gasteiger partial charge in [-0.05, 0) is 77.3 Å². The largest absolute Gasteiger partial charge is 0.466 e. The van der Waals surface area contributed by atoms with Crippen molar-refractivity contribution in [2.75, 3.05) is 18.1 Å². The zero-order valence-corrected chi connectivity index (χ0v) is 30.9. The summed E-state index contributed by atoms with van der Waals surface area (Å²) in [5.74, 6) is 1.44. The Bertz CT molecular complexity index is 1910. The van der Waals surface area contributed by atoms with E-state index in [4.69, 9.17) is 14.7 Å².